The Hall–Kier alpha value is -3.57. The molecule has 202 valence electrons. The van der Waals surface area contributed by atoms with Crippen LogP contribution in [0.4, 0.5) is 15.9 Å². The number of pyridine rings is 2. The molecule has 0 aliphatic heterocycles. The zero-order chi connectivity index (χ0) is 27.4. The highest BCUT2D eigenvalue weighted by molar-refractivity contribution is 6.30. The van der Waals surface area contributed by atoms with E-state index in [1.165, 1.54) is 18.3 Å². The Labute approximate surface area is 224 Å². The lowest BCUT2D eigenvalue weighted by Gasteiger charge is -2.30. The molecule has 10 nitrogen and oxygen atoms in total. The van der Waals surface area contributed by atoms with E-state index in [-0.39, 0.29) is 52.0 Å². The molecule has 1 aliphatic carbocycles. The van der Waals surface area contributed by atoms with E-state index in [1.807, 2.05) is 19.0 Å². The molecular formula is C26H30ClFN6O4. The van der Waals surface area contributed by atoms with Crippen LogP contribution in [-0.4, -0.2) is 71.7 Å². The second kappa shape index (κ2) is 11.9. The van der Waals surface area contributed by atoms with Gasteiger partial charge in [-0.2, -0.15) is 4.39 Å². The first kappa shape index (κ1) is 27.5. The number of anilines is 2. The molecule has 3 heterocycles. The Morgan fingerprint density at radius 3 is 2.39 bits per heavy atom. The maximum atomic E-state index is 14.0. The third kappa shape index (κ3) is 6.46. The van der Waals surface area contributed by atoms with E-state index in [1.54, 1.807) is 18.0 Å². The summed E-state index contributed by atoms with van der Waals surface area (Å²) in [6.07, 6.45) is 3.56. The summed E-state index contributed by atoms with van der Waals surface area (Å²) in [7, 11) is 5.71. The van der Waals surface area contributed by atoms with E-state index in [0.29, 0.717) is 37.3 Å². The monoisotopic (exact) mass is 544 g/mol. The fraction of sp³-hybridized carbons (Fsp3) is 0.423. The number of carbonyl (C=O) groups is 3. The predicted molar refractivity (Wildman–Crippen MR) is 141 cm³/mol. The Kier molecular flexibility index (Phi) is 8.58. The number of fused-ring (bicyclic) bond motifs is 1. The summed E-state index contributed by atoms with van der Waals surface area (Å²) in [5, 5.41) is 5.72. The van der Waals surface area contributed by atoms with Crippen LogP contribution in [0.5, 0.6) is 0 Å². The maximum Gasteiger partial charge on any atom is 0.294 e. The Balaban J connectivity index is 1.46. The van der Waals surface area contributed by atoms with Crippen molar-refractivity contribution in [3.8, 4) is 0 Å². The van der Waals surface area contributed by atoms with Crippen LogP contribution in [0.2, 0.25) is 5.02 Å². The van der Waals surface area contributed by atoms with Gasteiger partial charge in [0.1, 0.15) is 17.0 Å². The molecule has 1 aliphatic rings. The van der Waals surface area contributed by atoms with Crippen molar-refractivity contribution in [2.75, 3.05) is 44.9 Å². The molecule has 0 atom stereocenters. The van der Waals surface area contributed by atoms with E-state index in [9.17, 15) is 18.8 Å². The number of rotatable bonds is 8. The van der Waals surface area contributed by atoms with Gasteiger partial charge in [-0.05, 0) is 64.0 Å². The standard InChI is InChI=1S/C26H30ClFN6O4/c1-33(2)12-13-34(3)26(37)16-6-4-15(5-7-16)24(35)32-22-21-18(9-10-19(28)30-21)38-23(22)25(36)31-20-11-8-17(27)14-29-20/h8-11,14-16H,4-7,12-13H2,1-3H3,(H,32,35)(H,29,31,36). The van der Waals surface area contributed by atoms with E-state index in [2.05, 4.69) is 20.6 Å². The molecular weight excluding hydrogens is 515 g/mol. The minimum Gasteiger partial charge on any atom is -0.447 e. The number of nitrogens with one attached hydrogen (secondary N) is 2. The largest absolute Gasteiger partial charge is 0.447 e. The summed E-state index contributed by atoms with van der Waals surface area (Å²) in [6.45, 7) is 1.41. The minimum absolute atomic E-state index is 0.0161. The number of nitrogens with zero attached hydrogens (tertiary/aromatic N) is 4. The molecule has 4 rings (SSSR count). The zero-order valence-electron chi connectivity index (χ0n) is 21.5. The number of hydrogen-bond donors (Lipinski definition) is 2. The van der Waals surface area contributed by atoms with Crippen LogP contribution in [-0.2, 0) is 9.59 Å². The van der Waals surface area contributed by atoms with Crippen LogP contribution in [0.3, 0.4) is 0 Å². The second-order valence-corrected chi connectivity index (χ2v) is 10.1. The van der Waals surface area contributed by atoms with Gasteiger partial charge in [0.05, 0.1) is 5.02 Å². The molecule has 0 saturated heterocycles. The van der Waals surface area contributed by atoms with Crippen molar-refractivity contribution in [3.05, 3.63) is 47.2 Å². The molecule has 1 fully saturated rings. The van der Waals surface area contributed by atoms with Crippen LogP contribution < -0.4 is 10.6 Å². The highest BCUT2D eigenvalue weighted by atomic mass is 35.5. The first-order valence-corrected chi connectivity index (χ1v) is 12.7. The van der Waals surface area contributed by atoms with Crippen molar-refractivity contribution in [3.63, 3.8) is 0 Å². The number of carbonyl (C=O) groups excluding carboxylic acids is 3. The predicted octanol–water partition coefficient (Wildman–Crippen LogP) is 4.03. The third-order valence-corrected chi connectivity index (χ3v) is 6.85. The first-order valence-electron chi connectivity index (χ1n) is 12.3. The minimum atomic E-state index is -0.780. The number of hydrogen-bond acceptors (Lipinski definition) is 7. The zero-order valence-corrected chi connectivity index (χ0v) is 22.2. The van der Waals surface area contributed by atoms with Crippen LogP contribution in [0.15, 0.2) is 34.9 Å². The van der Waals surface area contributed by atoms with Gasteiger partial charge in [0.25, 0.3) is 5.91 Å². The summed E-state index contributed by atoms with van der Waals surface area (Å²) in [6, 6.07) is 5.52. The third-order valence-electron chi connectivity index (χ3n) is 6.63. The number of furan rings is 1. The van der Waals surface area contributed by atoms with Crippen LogP contribution in [0.25, 0.3) is 11.1 Å². The van der Waals surface area contributed by atoms with Crippen LogP contribution >= 0.6 is 11.6 Å². The normalized spacial score (nSPS) is 17.4. The van der Waals surface area contributed by atoms with Crippen molar-refractivity contribution >= 4 is 51.9 Å². The lowest BCUT2D eigenvalue weighted by Crippen LogP contribution is -2.39. The van der Waals surface area contributed by atoms with E-state index < -0.39 is 11.9 Å². The van der Waals surface area contributed by atoms with Crippen molar-refractivity contribution in [2.45, 2.75) is 25.7 Å². The highest BCUT2D eigenvalue weighted by Crippen LogP contribution is 2.34. The molecule has 2 N–H and O–H groups in total. The molecule has 0 aromatic carbocycles. The molecule has 3 amide bonds. The summed E-state index contributed by atoms with van der Waals surface area (Å²) in [4.78, 5) is 50.7. The van der Waals surface area contributed by atoms with Crippen molar-refractivity contribution in [2.24, 2.45) is 11.8 Å². The summed E-state index contributed by atoms with van der Waals surface area (Å²) in [5.74, 6) is -2.25. The Morgan fingerprint density at radius 2 is 1.74 bits per heavy atom. The smallest absolute Gasteiger partial charge is 0.294 e. The van der Waals surface area contributed by atoms with Gasteiger partial charge in [-0.15, -0.1) is 0 Å². The molecule has 0 spiro atoms. The number of amides is 3. The molecule has 1 saturated carbocycles. The number of halogens is 2. The van der Waals surface area contributed by atoms with Gasteiger partial charge in [0.2, 0.25) is 23.5 Å². The van der Waals surface area contributed by atoms with Crippen molar-refractivity contribution in [1.29, 1.82) is 0 Å². The molecule has 3 aromatic heterocycles. The second-order valence-electron chi connectivity index (χ2n) is 9.70. The van der Waals surface area contributed by atoms with Gasteiger partial charge >= 0.3 is 0 Å². The molecule has 0 radical (unpaired) electrons. The molecule has 3 aromatic rings. The molecule has 12 heteroatoms. The SMILES string of the molecule is CN(C)CCN(C)C(=O)C1CCC(C(=O)Nc2c(C(=O)Nc3ccc(Cl)cn3)oc3ccc(F)nc23)CC1. The summed E-state index contributed by atoms with van der Waals surface area (Å²) in [5.41, 5.74) is 0.155. The lowest BCUT2D eigenvalue weighted by molar-refractivity contribution is -0.136. The van der Waals surface area contributed by atoms with Gasteiger partial charge in [0, 0.05) is 38.2 Å². The van der Waals surface area contributed by atoms with Gasteiger partial charge in [-0.3, -0.25) is 14.4 Å². The molecule has 38 heavy (non-hydrogen) atoms. The van der Waals surface area contributed by atoms with Gasteiger partial charge in [-0.1, -0.05) is 11.6 Å². The average Bonchev–Trinajstić information content (AvgIpc) is 3.25. The number of aromatic nitrogens is 2. The lowest BCUT2D eigenvalue weighted by atomic mass is 9.81. The Bertz CT molecular complexity index is 1320. The quantitative estimate of drug-likeness (QED) is 0.411. The Morgan fingerprint density at radius 1 is 1.03 bits per heavy atom. The number of likely N-dealkylation sites (N-methyl/N-ethyl adjacent to an activating group) is 2. The van der Waals surface area contributed by atoms with Gasteiger partial charge in [-0.25, -0.2) is 9.97 Å². The van der Waals surface area contributed by atoms with Crippen LogP contribution in [0, 0.1) is 17.8 Å². The van der Waals surface area contributed by atoms with Crippen molar-refractivity contribution < 1.29 is 23.2 Å². The van der Waals surface area contributed by atoms with Crippen LogP contribution in [0.1, 0.15) is 36.2 Å². The molecule has 0 unspecified atom stereocenters. The highest BCUT2D eigenvalue weighted by Gasteiger charge is 2.33. The molecule has 0 bridgehead atoms. The summed E-state index contributed by atoms with van der Waals surface area (Å²) >= 11 is 5.85. The topological polar surface area (TPSA) is 121 Å². The first-order chi connectivity index (χ1) is 18.1. The fourth-order valence-electron chi connectivity index (χ4n) is 4.45. The maximum absolute atomic E-state index is 14.0. The summed E-state index contributed by atoms with van der Waals surface area (Å²) < 4.78 is 19.6. The van der Waals surface area contributed by atoms with E-state index in [4.69, 9.17) is 16.0 Å². The van der Waals surface area contributed by atoms with Crippen molar-refractivity contribution in [1.82, 2.24) is 19.8 Å². The average molecular weight is 545 g/mol. The van der Waals surface area contributed by atoms with Gasteiger partial charge in [0.15, 0.2) is 5.58 Å². The van der Waals surface area contributed by atoms with E-state index >= 15 is 0 Å². The van der Waals surface area contributed by atoms with E-state index in [0.717, 1.165) is 12.6 Å². The fourth-order valence-corrected chi connectivity index (χ4v) is 4.56. The van der Waals surface area contributed by atoms with Gasteiger partial charge < -0.3 is 24.9 Å².